The molecule has 0 aliphatic rings. The summed E-state index contributed by atoms with van der Waals surface area (Å²) in [4.78, 5) is 2.52. The number of benzene rings is 1. The van der Waals surface area contributed by atoms with Crippen molar-refractivity contribution in [1.82, 2.24) is 10.2 Å². The molecule has 2 unspecified atom stereocenters. The minimum absolute atomic E-state index is 0.345. The first-order valence-corrected chi connectivity index (χ1v) is 7.23. The van der Waals surface area contributed by atoms with Gasteiger partial charge >= 0.3 is 0 Å². The highest BCUT2D eigenvalue weighted by Gasteiger charge is 2.22. The molecule has 3 nitrogen and oxygen atoms in total. The van der Waals surface area contributed by atoms with Crippen LogP contribution in [0.4, 0.5) is 0 Å². The van der Waals surface area contributed by atoms with Crippen LogP contribution in [0.1, 0.15) is 38.8 Å². The minimum atomic E-state index is 0.345. The minimum Gasteiger partial charge on any atom is -0.497 e. The average Bonchev–Trinajstić information content (AvgIpc) is 2.46. The van der Waals surface area contributed by atoms with Gasteiger partial charge in [-0.05, 0) is 51.2 Å². The predicted octanol–water partition coefficient (Wildman–Crippen LogP) is 3.08. The largest absolute Gasteiger partial charge is 0.497 e. The molecular weight excluding hydrogens is 236 g/mol. The van der Waals surface area contributed by atoms with Gasteiger partial charge in [-0.1, -0.05) is 26.0 Å². The molecule has 108 valence electrons. The second kappa shape index (κ2) is 8.18. The third kappa shape index (κ3) is 4.22. The van der Waals surface area contributed by atoms with Gasteiger partial charge in [0.1, 0.15) is 5.75 Å². The van der Waals surface area contributed by atoms with Crippen molar-refractivity contribution in [2.45, 2.75) is 39.3 Å². The average molecular weight is 264 g/mol. The molecule has 1 rings (SSSR count). The number of nitrogens with zero attached hydrogens (tertiary/aromatic N) is 1. The summed E-state index contributed by atoms with van der Waals surface area (Å²) in [6.07, 6.45) is 1.19. The van der Waals surface area contributed by atoms with E-state index in [9.17, 15) is 0 Å². The standard InChI is InChI=1S/C16H28N2O/c1-6-12-18(7-2)13(3)16(17-4)14-8-10-15(19-5)11-9-14/h8-11,13,16-17H,6-7,12H2,1-5H3. The highest BCUT2D eigenvalue weighted by atomic mass is 16.5. The number of likely N-dealkylation sites (N-methyl/N-ethyl adjacent to an activating group) is 2. The molecule has 0 fully saturated rings. The molecule has 0 spiro atoms. The van der Waals surface area contributed by atoms with E-state index in [2.05, 4.69) is 43.1 Å². The van der Waals surface area contributed by atoms with Gasteiger partial charge in [-0.15, -0.1) is 0 Å². The molecule has 0 aliphatic heterocycles. The topological polar surface area (TPSA) is 24.5 Å². The maximum Gasteiger partial charge on any atom is 0.118 e. The second-order valence-electron chi connectivity index (χ2n) is 4.91. The zero-order chi connectivity index (χ0) is 14.3. The second-order valence-corrected chi connectivity index (χ2v) is 4.91. The van der Waals surface area contributed by atoms with E-state index in [4.69, 9.17) is 4.74 Å². The molecule has 0 saturated carbocycles. The molecular formula is C16H28N2O. The van der Waals surface area contributed by atoms with Gasteiger partial charge in [0.05, 0.1) is 7.11 Å². The van der Waals surface area contributed by atoms with E-state index < -0.39 is 0 Å². The smallest absolute Gasteiger partial charge is 0.118 e. The van der Waals surface area contributed by atoms with Crippen LogP contribution in [0, 0.1) is 0 Å². The van der Waals surface area contributed by atoms with E-state index in [1.165, 1.54) is 12.0 Å². The molecule has 1 aromatic rings. The monoisotopic (exact) mass is 264 g/mol. The van der Waals surface area contributed by atoms with E-state index >= 15 is 0 Å². The molecule has 0 amide bonds. The zero-order valence-electron chi connectivity index (χ0n) is 12.9. The summed E-state index contributed by atoms with van der Waals surface area (Å²) in [5.41, 5.74) is 1.31. The first-order chi connectivity index (χ1) is 9.17. The Labute approximate surface area is 118 Å². The van der Waals surface area contributed by atoms with Gasteiger partial charge < -0.3 is 10.1 Å². The van der Waals surface area contributed by atoms with E-state index in [0.717, 1.165) is 18.8 Å². The van der Waals surface area contributed by atoms with Gasteiger partial charge in [0.25, 0.3) is 0 Å². The van der Waals surface area contributed by atoms with Gasteiger partial charge in [0, 0.05) is 12.1 Å². The molecule has 2 atom stereocenters. The van der Waals surface area contributed by atoms with Crippen LogP contribution in [0.3, 0.4) is 0 Å². The normalized spacial score (nSPS) is 14.4. The maximum atomic E-state index is 5.22. The summed E-state index contributed by atoms with van der Waals surface area (Å²) in [6.45, 7) is 8.99. The number of hydrogen-bond donors (Lipinski definition) is 1. The highest BCUT2D eigenvalue weighted by molar-refractivity contribution is 5.29. The van der Waals surface area contributed by atoms with Crippen molar-refractivity contribution in [3.63, 3.8) is 0 Å². The Balaban J connectivity index is 2.85. The van der Waals surface area contributed by atoms with Crippen LogP contribution in [-0.4, -0.2) is 38.2 Å². The third-order valence-electron chi connectivity index (χ3n) is 3.76. The number of methoxy groups -OCH3 is 1. The summed E-state index contributed by atoms with van der Waals surface area (Å²) in [6, 6.07) is 9.18. The summed E-state index contributed by atoms with van der Waals surface area (Å²) in [7, 11) is 3.73. The molecule has 0 aromatic heterocycles. The predicted molar refractivity (Wildman–Crippen MR) is 81.8 cm³/mol. The first kappa shape index (κ1) is 16.0. The Morgan fingerprint density at radius 3 is 2.26 bits per heavy atom. The fourth-order valence-corrected chi connectivity index (χ4v) is 2.65. The Morgan fingerprint density at radius 2 is 1.84 bits per heavy atom. The van der Waals surface area contributed by atoms with Gasteiger partial charge in [0.2, 0.25) is 0 Å². The Kier molecular flexibility index (Phi) is 6.89. The highest BCUT2D eigenvalue weighted by Crippen LogP contribution is 2.23. The molecule has 0 radical (unpaired) electrons. The van der Waals surface area contributed by atoms with E-state index in [1.807, 2.05) is 19.2 Å². The van der Waals surface area contributed by atoms with Crippen molar-refractivity contribution in [2.24, 2.45) is 0 Å². The van der Waals surface area contributed by atoms with Gasteiger partial charge in [-0.3, -0.25) is 4.90 Å². The van der Waals surface area contributed by atoms with Crippen LogP contribution in [0.15, 0.2) is 24.3 Å². The molecule has 3 heteroatoms. The van der Waals surface area contributed by atoms with Crippen molar-refractivity contribution in [2.75, 3.05) is 27.2 Å². The third-order valence-corrected chi connectivity index (χ3v) is 3.76. The molecule has 0 saturated heterocycles. The van der Waals surface area contributed by atoms with Gasteiger partial charge in [-0.25, -0.2) is 0 Å². The molecule has 0 aliphatic carbocycles. The van der Waals surface area contributed by atoms with Crippen molar-refractivity contribution < 1.29 is 4.74 Å². The van der Waals surface area contributed by atoms with E-state index in [1.54, 1.807) is 7.11 Å². The Morgan fingerprint density at radius 1 is 1.21 bits per heavy atom. The van der Waals surface area contributed by atoms with Crippen molar-refractivity contribution in [3.05, 3.63) is 29.8 Å². The lowest BCUT2D eigenvalue weighted by Crippen LogP contribution is -2.42. The zero-order valence-corrected chi connectivity index (χ0v) is 12.9. The lowest BCUT2D eigenvalue weighted by Gasteiger charge is -2.34. The van der Waals surface area contributed by atoms with Crippen molar-refractivity contribution in [1.29, 1.82) is 0 Å². The molecule has 19 heavy (non-hydrogen) atoms. The fraction of sp³-hybridized carbons (Fsp3) is 0.625. The summed E-state index contributed by atoms with van der Waals surface area (Å²) >= 11 is 0. The van der Waals surface area contributed by atoms with Crippen LogP contribution >= 0.6 is 0 Å². The van der Waals surface area contributed by atoms with Crippen LogP contribution in [0.5, 0.6) is 5.75 Å². The van der Waals surface area contributed by atoms with Crippen LogP contribution in [0.25, 0.3) is 0 Å². The molecule has 0 heterocycles. The molecule has 0 bridgehead atoms. The quantitative estimate of drug-likeness (QED) is 0.781. The van der Waals surface area contributed by atoms with Crippen molar-refractivity contribution in [3.8, 4) is 5.75 Å². The summed E-state index contributed by atoms with van der Waals surface area (Å²) in [5, 5.41) is 3.45. The van der Waals surface area contributed by atoms with Gasteiger partial charge in [-0.2, -0.15) is 0 Å². The summed E-state index contributed by atoms with van der Waals surface area (Å²) < 4.78 is 5.22. The first-order valence-electron chi connectivity index (χ1n) is 7.23. The van der Waals surface area contributed by atoms with E-state index in [0.29, 0.717) is 12.1 Å². The number of nitrogens with one attached hydrogen (secondary N) is 1. The lowest BCUT2D eigenvalue weighted by atomic mass is 9.99. The summed E-state index contributed by atoms with van der Waals surface area (Å²) in [5.74, 6) is 0.909. The Hall–Kier alpha value is -1.06. The maximum absolute atomic E-state index is 5.22. The number of ether oxygens (including phenoxy) is 1. The van der Waals surface area contributed by atoms with Gasteiger partial charge in [0.15, 0.2) is 0 Å². The van der Waals surface area contributed by atoms with Crippen molar-refractivity contribution >= 4 is 0 Å². The number of hydrogen-bond acceptors (Lipinski definition) is 3. The van der Waals surface area contributed by atoms with E-state index in [-0.39, 0.29) is 0 Å². The number of rotatable bonds is 8. The van der Waals surface area contributed by atoms with Crippen LogP contribution in [0.2, 0.25) is 0 Å². The molecule has 1 aromatic carbocycles. The lowest BCUT2D eigenvalue weighted by molar-refractivity contribution is 0.181. The SMILES string of the molecule is CCCN(CC)C(C)C(NC)c1ccc(OC)cc1. The van der Waals surface area contributed by atoms with Crippen LogP contribution < -0.4 is 10.1 Å². The fourth-order valence-electron chi connectivity index (χ4n) is 2.65. The Bertz CT molecular complexity index is 350. The molecule has 1 N–H and O–H groups in total. The van der Waals surface area contributed by atoms with Crippen LogP contribution in [-0.2, 0) is 0 Å².